The zero-order valence-electron chi connectivity index (χ0n) is 32.6. The molecule has 4 N–H and O–H groups in total. The predicted octanol–water partition coefficient (Wildman–Crippen LogP) is 3.90. The van der Waals surface area contributed by atoms with Gasteiger partial charge in [0.05, 0.1) is 32.8 Å². The number of ether oxygens (including phenoxy) is 4. The molecule has 3 aromatic rings. The summed E-state index contributed by atoms with van der Waals surface area (Å²) in [5, 5.41) is 11.4. The van der Waals surface area contributed by atoms with Crippen molar-refractivity contribution < 1.29 is 42.9 Å². The van der Waals surface area contributed by atoms with E-state index in [0.29, 0.717) is 72.8 Å². The molecule has 0 radical (unpaired) electrons. The molecular formula is C42H53N5O9. The fraction of sp³-hybridized carbons (Fsp3) is 0.452. The molecule has 3 aliphatic rings. The maximum Gasteiger partial charge on any atom is 0.251 e. The van der Waals surface area contributed by atoms with E-state index in [2.05, 4.69) is 21.3 Å². The number of hydrogen-bond donors (Lipinski definition) is 4. The quantitative estimate of drug-likeness (QED) is 0.248. The first kappa shape index (κ1) is 41.5. The fourth-order valence-electron chi connectivity index (χ4n) is 6.93. The lowest BCUT2D eigenvalue weighted by Gasteiger charge is -2.43. The van der Waals surface area contributed by atoms with Gasteiger partial charge in [-0.15, -0.1) is 0 Å². The molecule has 14 heteroatoms. The third-order valence-corrected chi connectivity index (χ3v) is 10.3. The molecule has 6 rings (SSSR count). The number of rotatable bonds is 8. The highest BCUT2D eigenvalue weighted by Crippen LogP contribution is 2.43. The molecule has 2 aliphatic heterocycles. The Labute approximate surface area is 328 Å². The fourth-order valence-corrected chi connectivity index (χ4v) is 6.93. The predicted molar refractivity (Wildman–Crippen MR) is 209 cm³/mol. The van der Waals surface area contributed by atoms with Crippen LogP contribution in [0.25, 0.3) is 0 Å². The van der Waals surface area contributed by atoms with Gasteiger partial charge in [0.2, 0.25) is 23.6 Å². The average Bonchev–Trinajstić information content (AvgIpc) is 3.19. The van der Waals surface area contributed by atoms with Gasteiger partial charge in [-0.25, -0.2) is 0 Å². The molecule has 1 saturated carbocycles. The van der Waals surface area contributed by atoms with Crippen molar-refractivity contribution in [2.75, 3.05) is 47.6 Å². The van der Waals surface area contributed by atoms with E-state index >= 15 is 0 Å². The third kappa shape index (κ3) is 10.8. The van der Waals surface area contributed by atoms with Gasteiger partial charge in [-0.2, -0.15) is 0 Å². The Morgan fingerprint density at radius 3 is 2.32 bits per heavy atom. The Bertz CT molecular complexity index is 1850. The molecule has 300 valence electrons. The highest BCUT2D eigenvalue weighted by molar-refractivity contribution is 5.95. The number of carbonyl (C=O) groups excluding carboxylic acids is 5. The number of amides is 5. The summed E-state index contributed by atoms with van der Waals surface area (Å²) in [6, 6.07) is 17.6. The van der Waals surface area contributed by atoms with Gasteiger partial charge in [-0.1, -0.05) is 36.8 Å². The molecule has 5 amide bonds. The van der Waals surface area contributed by atoms with Gasteiger partial charge in [-0.3, -0.25) is 24.0 Å². The van der Waals surface area contributed by atoms with E-state index in [1.54, 1.807) is 50.4 Å². The van der Waals surface area contributed by atoms with Crippen LogP contribution >= 0.6 is 0 Å². The maximum absolute atomic E-state index is 14.0. The van der Waals surface area contributed by atoms with Crippen LogP contribution in [-0.4, -0.2) is 94.1 Å². The highest BCUT2D eigenvalue weighted by Gasteiger charge is 2.46. The van der Waals surface area contributed by atoms with Crippen LogP contribution in [-0.2, 0) is 36.9 Å². The largest absolute Gasteiger partial charge is 0.496 e. The minimum absolute atomic E-state index is 0.0874. The summed E-state index contributed by atoms with van der Waals surface area (Å²) in [5.74, 6) is -0.370. The smallest absolute Gasteiger partial charge is 0.251 e. The number of nitrogens with zero attached hydrogens (tertiary/aromatic N) is 1. The number of methoxy groups -OCH3 is 3. The summed E-state index contributed by atoms with van der Waals surface area (Å²) >= 11 is 0. The van der Waals surface area contributed by atoms with Crippen molar-refractivity contribution in [1.82, 2.24) is 26.2 Å². The molecule has 2 heterocycles. The lowest BCUT2D eigenvalue weighted by atomic mass is 9.68. The zero-order chi connectivity index (χ0) is 40.1. The van der Waals surface area contributed by atoms with Crippen LogP contribution in [0.3, 0.4) is 0 Å². The van der Waals surface area contributed by atoms with E-state index < -0.39 is 35.2 Å². The van der Waals surface area contributed by atoms with Crippen LogP contribution in [0.4, 0.5) is 0 Å². The van der Waals surface area contributed by atoms with Crippen LogP contribution in [0, 0.1) is 5.41 Å². The second-order valence-corrected chi connectivity index (χ2v) is 14.3. The van der Waals surface area contributed by atoms with Gasteiger partial charge in [0.15, 0.2) is 11.5 Å². The van der Waals surface area contributed by atoms with E-state index in [-0.39, 0.29) is 44.5 Å². The van der Waals surface area contributed by atoms with E-state index in [0.717, 1.165) is 12.0 Å². The number of nitrogens with one attached hydrogen (secondary N) is 4. The number of carbonyl (C=O) groups is 5. The summed E-state index contributed by atoms with van der Waals surface area (Å²) in [5.41, 5.74) is 1.28. The van der Waals surface area contributed by atoms with Crippen LogP contribution in [0.15, 0.2) is 66.7 Å². The average molecular weight is 772 g/mol. The second kappa shape index (κ2) is 19.8. The summed E-state index contributed by atoms with van der Waals surface area (Å²) in [6.45, 7) is 2.21. The van der Waals surface area contributed by atoms with Crippen molar-refractivity contribution >= 4 is 29.5 Å². The first-order chi connectivity index (χ1) is 27.0. The van der Waals surface area contributed by atoms with Crippen molar-refractivity contribution in [3.05, 3.63) is 83.4 Å². The first-order valence-electron chi connectivity index (χ1n) is 19.1. The monoisotopic (exact) mass is 771 g/mol. The molecule has 0 spiro atoms. The van der Waals surface area contributed by atoms with Gasteiger partial charge in [0, 0.05) is 43.9 Å². The number of hydrogen-bond acceptors (Lipinski definition) is 9. The lowest BCUT2D eigenvalue weighted by molar-refractivity contribution is -0.154. The lowest BCUT2D eigenvalue weighted by Crippen LogP contribution is -2.56. The molecular weight excluding hydrogens is 718 g/mol. The van der Waals surface area contributed by atoms with Crippen molar-refractivity contribution in [2.45, 2.75) is 70.5 Å². The SMILES string of the molecule is COCC1(C(=O)N2CCCCNC(=O)c3ccc(OC)c(c3)Oc3ccc(c(OC)c3)CNC(=O)[C@H](C)NC(=O)[C@H](CCc3ccccc3)NC(=O)C2)CCC1. The Morgan fingerprint density at radius 2 is 1.62 bits per heavy atom. The Kier molecular flexibility index (Phi) is 14.7. The van der Waals surface area contributed by atoms with Gasteiger partial charge >= 0.3 is 0 Å². The molecule has 4 bridgehead atoms. The zero-order valence-corrected chi connectivity index (χ0v) is 32.6. The molecule has 1 aliphatic carbocycles. The summed E-state index contributed by atoms with van der Waals surface area (Å²) in [6.07, 6.45) is 3.97. The molecule has 56 heavy (non-hydrogen) atoms. The molecule has 0 saturated heterocycles. The van der Waals surface area contributed by atoms with E-state index in [4.69, 9.17) is 18.9 Å². The summed E-state index contributed by atoms with van der Waals surface area (Å²) in [4.78, 5) is 69.5. The number of benzene rings is 3. The number of aryl methyl sites for hydroxylation is 1. The van der Waals surface area contributed by atoms with Crippen molar-refractivity contribution in [2.24, 2.45) is 5.41 Å². The van der Waals surface area contributed by atoms with Gasteiger partial charge in [-0.05, 0) is 81.3 Å². The van der Waals surface area contributed by atoms with E-state index in [1.807, 2.05) is 30.3 Å². The summed E-state index contributed by atoms with van der Waals surface area (Å²) in [7, 11) is 4.56. The van der Waals surface area contributed by atoms with Crippen molar-refractivity contribution in [3.63, 3.8) is 0 Å². The minimum Gasteiger partial charge on any atom is -0.496 e. The Morgan fingerprint density at radius 1 is 0.857 bits per heavy atom. The maximum atomic E-state index is 14.0. The van der Waals surface area contributed by atoms with Crippen LogP contribution in [0.1, 0.15) is 66.9 Å². The van der Waals surface area contributed by atoms with Crippen LogP contribution in [0.2, 0.25) is 0 Å². The molecule has 1 fully saturated rings. The Hall–Kier alpha value is -5.63. The van der Waals surface area contributed by atoms with E-state index in [9.17, 15) is 24.0 Å². The number of fused-ring (bicyclic) bond motifs is 18. The van der Waals surface area contributed by atoms with E-state index in [1.165, 1.54) is 19.1 Å². The summed E-state index contributed by atoms with van der Waals surface area (Å²) < 4.78 is 22.7. The molecule has 0 unspecified atom stereocenters. The topological polar surface area (TPSA) is 174 Å². The van der Waals surface area contributed by atoms with Gasteiger partial charge < -0.3 is 45.1 Å². The first-order valence-corrected chi connectivity index (χ1v) is 19.1. The minimum atomic E-state index is -0.986. The van der Waals surface area contributed by atoms with Crippen molar-refractivity contribution in [3.8, 4) is 23.0 Å². The molecule has 0 aromatic heterocycles. The van der Waals surface area contributed by atoms with Crippen molar-refractivity contribution in [1.29, 1.82) is 0 Å². The van der Waals surface area contributed by atoms with Crippen LogP contribution in [0.5, 0.6) is 23.0 Å². The molecule has 2 atom stereocenters. The molecule has 14 nitrogen and oxygen atoms in total. The third-order valence-electron chi connectivity index (χ3n) is 10.3. The Balaban J connectivity index is 1.40. The second-order valence-electron chi connectivity index (χ2n) is 14.3. The molecule has 3 aromatic carbocycles. The standard InChI is InChI=1S/C42H53N5O9/c1-28-38(49)44-25-31-14-16-32(24-35(31)55-4)56-36-23-30(15-18-34(36)54-3)39(50)43-21-8-9-22-47(41(52)42(27-53-2)19-10-20-42)26-37(48)46-33(40(51)45-28)17-13-29-11-6-5-7-12-29/h5-7,11-12,14-16,18,23-24,28,33H,8-10,13,17,19-22,25-27H2,1-4H3,(H,43,50)(H,44,49)(H,45,51)(H,46,48)/t28-,33-/m0/s1. The normalized spacial score (nSPS) is 19.8. The van der Waals surface area contributed by atoms with Crippen LogP contribution < -0.4 is 35.5 Å². The van der Waals surface area contributed by atoms with Gasteiger partial charge in [0.1, 0.15) is 23.6 Å². The highest BCUT2D eigenvalue weighted by atomic mass is 16.5. The van der Waals surface area contributed by atoms with Gasteiger partial charge in [0.25, 0.3) is 5.91 Å².